The molecule has 2 aliphatic heterocycles. The van der Waals surface area contributed by atoms with Crippen LogP contribution in [0.15, 0.2) is 41.7 Å². The highest BCUT2D eigenvalue weighted by molar-refractivity contribution is 5.86. The lowest BCUT2D eigenvalue weighted by atomic mass is 9.84. The second-order valence-corrected chi connectivity index (χ2v) is 9.30. The molecule has 4 aliphatic rings. The molecule has 7 nitrogen and oxygen atoms in total. The number of piperidine rings is 1. The molecule has 7 heteroatoms. The molecule has 1 atom stereocenters. The van der Waals surface area contributed by atoms with Gasteiger partial charge in [0.15, 0.2) is 5.84 Å². The molecule has 1 N–H and O–H groups in total. The van der Waals surface area contributed by atoms with Gasteiger partial charge in [0.2, 0.25) is 5.72 Å². The summed E-state index contributed by atoms with van der Waals surface area (Å²) >= 11 is 0. The van der Waals surface area contributed by atoms with Gasteiger partial charge in [-0.25, -0.2) is 0 Å². The lowest BCUT2D eigenvalue weighted by Gasteiger charge is -2.46. The molecule has 1 unspecified atom stereocenters. The van der Waals surface area contributed by atoms with Crippen molar-refractivity contribution in [3.05, 3.63) is 47.8 Å². The zero-order valence-corrected chi connectivity index (χ0v) is 17.5. The standard InChI is InChI=1S/C23H29N5O2/c1-27-13-8-18(25-27)15-28-21(14-17-2-4-19(5-3-17)29-20-6-7-20)26-30-23(28)11-12-24-16-22(23)9-10-22/h2-5,8,13,20,24H,6-7,9-12,14-16H2,1H3. The highest BCUT2D eigenvalue weighted by Gasteiger charge is 2.68. The van der Waals surface area contributed by atoms with E-state index in [0.717, 1.165) is 49.8 Å². The van der Waals surface area contributed by atoms with E-state index in [9.17, 15) is 0 Å². The van der Waals surface area contributed by atoms with Crippen LogP contribution in [-0.4, -0.2) is 45.4 Å². The molecule has 3 heterocycles. The fourth-order valence-corrected chi connectivity index (χ4v) is 5.01. The highest BCUT2D eigenvalue weighted by atomic mass is 16.7. The summed E-state index contributed by atoms with van der Waals surface area (Å²) < 4.78 is 7.76. The topological polar surface area (TPSA) is 63.9 Å². The Morgan fingerprint density at radius 2 is 2.00 bits per heavy atom. The summed E-state index contributed by atoms with van der Waals surface area (Å²) in [5.74, 6) is 1.97. The molecule has 2 spiro atoms. The van der Waals surface area contributed by atoms with Crippen LogP contribution in [0.4, 0.5) is 0 Å². The van der Waals surface area contributed by atoms with E-state index in [1.54, 1.807) is 0 Å². The number of fused-ring (bicyclic) bond motifs is 1. The van der Waals surface area contributed by atoms with Gasteiger partial charge in [-0.15, -0.1) is 0 Å². The zero-order chi connectivity index (χ0) is 20.2. The molecule has 1 aromatic heterocycles. The second kappa shape index (κ2) is 6.74. The third-order valence-electron chi connectivity index (χ3n) is 7.04. The van der Waals surface area contributed by atoms with Gasteiger partial charge in [-0.3, -0.25) is 4.68 Å². The van der Waals surface area contributed by atoms with Crippen LogP contribution >= 0.6 is 0 Å². The summed E-state index contributed by atoms with van der Waals surface area (Å²) in [4.78, 5) is 8.75. The molecule has 30 heavy (non-hydrogen) atoms. The monoisotopic (exact) mass is 407 g/mol. The van der Waals surface area contributed by atoms with E-state index in [2.05, 4.69) is 50.8 Å². The average molecular weight is 408 g/mol. The summed E-state index contributed by atoms with van der Waals surface area (Å²) in [6.07, 6.45) is 8.86. The fourth-order valence-electron chi connectivity index (χ4n) is 5.01. The van der Waals surface area contributed by atoms with Crippen LogP contribution in [0.25, 0.3) is 0 Å². The maximum absolute atomic E-state index is 6.33. The van der Waals surface area contributed by atoms with Crippen LogP contribution in [-0.2, 0) is 24.9 Å². The summed E-state index contributed by atoms with van der Waals surface area (Å²) in [6, 6.07) is 10.6. The molecule has 6 rings (SSSR count). The van der Waals surface area contributed by atoms with E-state index in [1.807, 2.05) is 17.9 Å². The maximum Gasteiger partial charge on any atom is 0.219 e. The lowest BCUT2D eigenvalue weighted by molar-refractivity contribution is -0.168. The minimum Gasteiger partial charge on any atom is -0.490 e. The van der Waals surface area contributed by atoms with Crippen molar-refractivity contribution < 1.29 is 9.57 Å². The first-order valence-electron chi connectivity index (χ1n) is 11.1. The third kappa shape index (κ3) is 3.07. The molecule has 1 saturated heterocycles. The van der Waals surface area contributed by atoms with Crippen LogP contribution < -0.4 is 10.1 Å². The molecule has 3 fully saturated rings. The molecule has 0 radical (unpaired) electrons. The molecule has 158 valence electrons. The van der Waals surface area contributed by atoms with Gasteiger partial charge in [-0.1, -0.05) is 17.3 Å². The molecule has 1 aromatic carbocycles. The lowest BCUT2D eigenvalue weighted by Crippen LogP contribution is -2.61. The minimum atomic E-state index is -0.347. The van der Waals surface area contributed by atoms with Gasteiger partial charge >= 0.3 is 0 Å². The van der Waals surface area contributed by atoms with Gasteiger partial charge in [-0.2, -0.15) is 5.10 Å². The van der Waals surface area contributed by atoms with Crippen molar-refractivity contribution in [3.8, 4) is 5.75 Å². The van der Waals surface area contributed by atoms with Gasteiger partial charge < -0.3 is 19.8 Å². The summed E-state index contributed by atoms with van der Waals surface area (Å²) in [6.45, 7) is 2.68. The van der Waals surface area contributed by atoms with Crippen molar-refractivity contribution in [1.29, 1.82) is 0 Å². The van der Waals surface area contributed by atoms with Gasteiger partial charge in [-0.05, 0) is 49.4 Å². The molecular weight excluding hydrogens is 378 g/mol. The Balaban J connectivity index is 1.26. The predicted octanol–water partition coefficient (Wildman–Crippen LogP) is 2.82. The van der Waals surface area contributed by atoms with E-state index < -0.39 is 0 Å². The van der Waals surface area contributed by atoms with E-state index in [-0.39, 0.29) is 11.1 Å². The van der Waals surface area contributed by atoms with Crippen LogP contribution in [0.1, 0.15) is 43.4 Å². The number of benzene rings is 1. The Morgan fingerprint density at radius 3 is 2.70 bits per heavy atom. The normalized spacial score (nSPS) is 26.7. The van der Waals surface area contributed by atoms with Crippen molar-refractivity contribution in [2.45, 2.75) is 56.9 Å². The van der Waals surface area contributed by atoms with Gasteiger partial charge in [0.25, 0.3) is 0 Å². The van der Waals surface area contributed by atoms with Crippen molar-refractivity contribution in [2.24, 2.45) is 17.6 Å². The number of amidine groups is 1. The molecule has 0 bridgehead atoms. The number of rotatable bonds is 6. The van der Waals surface area contributed by atoms with Crippen molar-refractivity contribution >= 4 is 5.84 Å². The number of oxime groups is 1. The molecule has 2 saturated carbocycles. The molecule has 0 amide bonds. The Morgan fingerprint density at radius 1 is 1.17 bits per heavy atom. The van der Waals surface area contributed by atoms with E-state index >= 15 is 0 Å². The average Bonchev–Trinajstić information content (AvgIpc) is 3.66. The van der Waals surface area contributed by atoms with Crippen LogP contribution in [0.5, 0.6) is 5.75 Å². The fraction of sp³-hybridized carbons (Fsp3) is 0.565. The summed E-state index contributed by atoms with van der Waals surface area (Å²) in [5.41, 5.74) is 2.09. The Hall–Kier alpha value is -2.54. The molecule has 2 aromatic rings. The Bertz CT molecular complexity index is 960. The minimum absolute atomic E-state index is 0.160. The summed E-state index contributed by atoms with van der Waals surface area (Å²) in [7, 11) is 1.97. The van der Waals surface area contributed by atoms with Crippen LogP contribution in [0, 0.1) is 5.41 Å². The van der Waals surface area contributed by atoms with E-state index in [0.29, 0.717) is 6.10 Å². The zero-order valence-electron chi connectivity index (χ0n) is 17.5. The van der Waals surface area contributed by atoms with Crippen molar-refractivity contribution in [1.82, 2.24) is 20.0 Å². The van der Waals surface area contributed by atoms with Gasteiger partial charge in [0.1, 0.15) is 5.75 Å². The number of nitrogens with one attached hydrogen (secondary N) is 1. The van der Waals surface area contributed by atoms with Gasteiger partial charge in [0.05, 0.1) is 18.3 Å². The Labute approximate surface area is 177 Å². The number of hydrogen-bond donors (Lipinski definition) is 1. The first-order valence-corrected chi connectivity index (χ1v) is 11.1. The van der Waals surface area contributed by atoms with Crippen molar-refractivity contribution in [2.75, 3.05) is 13.1 Å². The number of aromatic nitrogens is 2. The molecular formula is C23H29N5O2. The quantitative estimate of drug-likeness (QED) is 0.798. The Kier molecular flexibility index (Phi) is 4.10. The van der Waals surface area contributed by atoms with Crippen LogP contribution in [0.3, 0.4) is 0 Å². The van der Waals surface area contributed by atoms with E-state index in [4.69, 9.17) is 9.57 Å². The molecule has 2 aliphatic carbocycles. The second-order valence-electron chi connectivity index (χ2n) is 9.30. The number of aryl methyl sites for hydroxylation is 1. The van der Waals surface area contributed by atoms with E-state index in [1.165, 1.54) is 31.2 Å². The predicted molar refractivity (Wildman–Crippen MR) is 113 cm³/mol. The first-order chi connectivity index (χ1) is 14.7. The SMILES string of the molecule is Cn1ccc(CN2C(Cc3ccc(OC4CC4)cc3)=NOC23CCNCC32CC2)n1. The number of nitrogens with zero attached hydrogens (tertiary/aromatic N) is 4. The maximum atomic E-state index is 6.33. The largest absolute Gasteiger partial charge is 0.490 e. The number of hydrogen-bond acceptors (Lipinski definition) is 6. The smallest absolute Gasteiger partial charge is 0.219 e. The first kappa shape index (κ1) is 18.2. The van der Waals surface area contributed by atoms with Crippen molar-refractivity contribution in [3.63, 3.8) is 0 Å². The third-order valence-corrected chi connectivity index (χ3v) is 7.04. The highest BCUT2D eigenvalue weighted by Crippen LogP contribution is 2.60. The van der Waals surface area contributed by atoms with Gasteiger partial charge in [0, 0.05) is 44.6 Å². The van der Waals surface area contributed by atoms with Crippen LogP contribution in [0.2, 0.25) is 0 Å². The summed E-state index contributed by atoms with van der Waals surface area (Å²) in [5, 5.41) is 12.9. The number of ether oxygens (including phenoxy) is 1.